The van der Waals surface area contributed by atoms with Crippen LogP contribution in [0.2, 0.25) is 0 Å². The van der Waals surface area contributed by atoms with Gasteiger partial charge >= 0.3 is 0 Å². The molecule has 1 amide bonds. The minimum atomic E-state index is -0.447. The van der Waals surface area contributed by atoms with Gasteiger partial charge in [0.1, 0.15) is 0 Å². The molecule has 0 saturated carbocycles. The van der Waals surface area contributed by atoms with E-state index in [9.17, 15) is 4.79 Å². The largest absolute Gasteiger partial charge is 0.366 e. The summed E-state index contributed by atoms with van der Waals surface area (Å²) in [5.74, 6) is -0.447. The molecule has 0 unspecified atom stereocenters. The lowest BCUT2D eigenvalue weighted by Crippen LogP contribution is -2.13. The van der Waals surface area contributed by atoms with E-state index in [0.717, 1.165) is 11.1 Å². The van der Waals surface area contributed by atoms with Crippen LogP contribution in [-0.2, 0) is 6.42 Å². The molecule has 0 aromatic heterocycles. The van der Waals surface area contributed by atoms with Crippen LogP contribution < -0.4 is 5.73 Å². The number of nitrogens with zero attached hydrogens (tertiary/aromatic N) is 1. The first-order valence-electron chi connectivity index (χ1n) is 3.92. The summed E-state index contributed by atoms with van der Waals surface area (Å²) in [5.41, 5.74) is 7.31. The van der Waals surface area contributed by atoms with Crippen LogP contribution in [0.3, 0.4) is 0 Å². The van der Waals surface area contributed by atoms with Crippen LogP contribution in [0.5, 0.6) is 0 Å². The molecule has 1 aromatic carbocycles. The lowest BCUT2D eigenvalue weighted by atomic mass is 10.0. The first-order chi connectivity index (χ1) is 6.16. The van der Waals surface area contributed by atoms with Gasteiger partial charge in [0.2, 0.25) is 5.91 Å². The van der Waals surface area contributed by atoms with E-state index >= 15 is 0 Å². The minimum Gasteiger partial charge on any atom is -0.366 e. The van der Waals surface area contributed by atoms with Crippen LogP contribution in [0.15, 0.2) is 18.2 Å². The maximum Gasteiger partial charge on any atom is 0.248 e. The highest BCUT2D eigenvalue weighted by molar-refractivity contribution is 5.94. The topological polar surface area (TPSA) is 66.9 Å². The summed E-state index contributed by atoms with van der Waals surface area (Å²) >= 11 is 0. The van der Waals surface area contributed by atoms with E-state index in [4.69, 9.17) is 11.0 Å². The third kappa shape index (κ3) is 1.85. The molecule has 0 bridgehead atoms. The van der Waals surface area contributed by atoms with Gasteiger partial charge in [-0.05, 0) is 24.1 Å². The second-order valence-electron chi connectivity index (χ2n) is 2.79. The SMILES string of the molecule is Cc1c(CC#N)cccc1C(N)=O. The van der Waals surface area contributed by atoms with E-state index in [1.807, 2.05) is 12.1 Å². The molecule has 0 aliphatic rings. The second-order valence-corrected chi connectivity index (χ2v) is 2.79. The van der Waals surface area contributed by atoms with E-state index in [0.29, 0.717) is 12.0 Å². The molecule has 0 atom stereocenters. The van der Waals surface area contributed by atoms with Gasteiger partial charge in [-0.3, -0.25) is 4.79 Å². The Morgan fingerprint density at radius 2 is 2.31 bits per heavy atom. The van der Waals surface area contributed by atoms with E-state index in [1.54, 1.807) is 19.1 Å². The summed E-state index contributed by atoms with van der Waals surface area (Å²) in [6, 6.07) is 7.26. The second kappa shape index (κ2) is 3.72. The van der Waals surface area contributed by atoms with E-state index in [-0.39, 0.29) is 0 Å². The number of carbonyl (C=O) groups excluding carboxylic acids is 1. The fraction of sp³-hybridized carbons (Fsp3) is 0.200. The van der Waals surface area contributed by atoms with E-state index in [1.165, 1.54) is 0 Å². The average Bonchev–Trinajstić information content (AvgIpc) is 2.08. The standard InChI is InChI=1S/C10H10N2O/c1-7-8(5-6-11)3-2-4-9(7)10(12)13/h2-4H,5H2,1H3,(H2,12,13). The van der Waals surface area contributed by atoms with Gasteiger partial charge in [-0.2, -0.15) is 5.26 Å². The highest BCUT2D eigenvalue weighted by atomic mass is 16.1. The van der Waals surface area contributed by atoms with Crippen molar-refractivity contribution in [2.24, 2.45) is 5.73 Å². The molecule has 13 heavy (non-hydrogen) atoms. The molecule has 0 saturated heterocycles. The highest BCUT2D eigenvalue weighted by Gasteiger charge is 2.07. The summed E-state index contributed by atoms with van der Waals surface area (Å²) in [6.45, 7) is 1.80. The van der Waals surface area contributed by atoms with Crippen molar-refractivity contribution in [3.8, 4) is 6.07 Å². The van der Waals surface area contributed by atoms with Gasteiger partial charge in [0.25, 0.3) is 0 Å². The van der Waals surface area contributed by atoms with Crippen molar-refractivity contribution in [2.45, 2.75) is 13.3 Å². The molecule has 0 radical (unpaired) electrons. The maximum atomic E-state index is 10.9. The van der Waals surface area contributed by atoms with Crippen molar-refractivity contribution in [2.75, 3.05) is 0 Å². The molecule has 0 heterocycles. The van der Waals surface area contributed by atoms with Crippen LogP contribution in [0.4, 0.5) is 0 Å². The third-order valence-corrected chi connectivity index (χ3v) is 1.98. The van der Waals surface area contributed by atoms with Crippen LogP contribution in [-0.4, -0.2) is 5.91 Å². The Hall–Kier alpha value is -1.82. The van der Waals surface area contributed by atoms with Gasteiger partial charge in [-0.25, -0.2) is 0 Å². The number of benzene rings is 1. The van der Waals surface area contributed by atoms with Crippen LogP contribution >= 0.6 is 0 Å². The van der Waals surface area contributed by atoms with Gasteiger partial charge in [0.05, 0.1) is 12.5 Å². The first kappa shape index (κ1) is 9.27. The Labute approximate surface area is 76.8 Å². The van der Waals surface area contributed by atoms with E-state index < -0.39 is 5.91 Å². The molecule has 66 valence electrons. The number of hydrogen-bond acceptors (Lipinski definition) is 2. The number of carbonyl (C=O) groups is 1. The Morgan fingerprint density at radius 3 is 2.85 bits per heavy atom. The molecular formula is C10H10N2O. The first-order valence-corrected chi connectivity index (χ1v) is 3.92. The molecule has 1 aromatic rings. The summed E-state index contributed by atoms with van der Waals surface area (Å²) in [6.07, 6.45) is 0.312. The monoisotopic (exact) mass is 174 g/mol. The number of amides is 1. The Kier molecular flexibility index (Phi) is 2.65. The molecule has 3 nitrogen and oxygen atoms in total. The lowest BCUT2D eigenvalue weighted by Gasteiger charge is -2.04. The molecule has 0 fully saturated rings. The zero-order valence-electron chi connectivity index (χ0n) is 7.37. The van der Waals surface area contributed by atoms with Crippen molar-refractivity contribution in [3.63, 3.8) is 0 Å². The number of primary amides is 1. The summed E-state index contributed by atoms with van der Waals surface area (Å²) in [7, 11) is 0. The normalized spacial score (nSPS) is 9.23. The molecule has 3 heteroatoms. The Morgan fingerprint density at radius 1 is 1.62 bits per heavy atom. The number of nitriles is 1. The third-order valence-electron chi connectivity index (χ3n) is 1.98. The zero-order chi connectivity index (χ0) is 9.84. The number of nitrogens with two attached hydrogens (primary N) is 1. The smallest absolute Gasteiger partial charge is 0.248 e. The van der Waals surface area contributed by atoms with Crippen molar-refractivity contribution in [1.82, 2.24) is 0 Å². The van der Waals surface area contributed by atoms with Crippen LogP contribution in [0, 0.1) is 18.3 Å². The maximum absolute atomic E-state index is 10.9. The lowest BCUT2D eigenvalue weighted by molar-refractivity contribution is 0.0999. The molecule has 0 spiro atoms. The molecular weight excluding hydrogens is 164 g/mol. The van der Waals surface area contributed by atoms with Gasteiger partial charge in [0, 0.05) is 5.56 Å². The number of hydrogen-bond donors (Lipinski definition) is 1. The van der Waals surface area contributed by atoms with Gasteiger partial charge in [-0.15, -0.1) is 0 Å². The van der Waals surface area contributed by atoms with Crippen molar-refractivity contribution >= 4 is 5.91 Å². The predicted octanol–water partition coefficient (Wildman–Crippen LogP) is 1.16. The molecule has 0 aliphatic carbocycles. The van der Waals surface area contributed by atoms with Gasteiger partial charge < -0.3 is 5.73 Å². The van der Waals surface area contributed by atoms with Crippen molar-refractivity contribution in [1.29, 1.82) is 5.26 Å². The summed E-state index contributed by atoms with van der Waals surface area (Å²) in [4.78, 5) is 10.9. The van der Waals surface area contributed by atoms with Gasteiger partial charge in [0.15, 0.2) is 0 Å². The predicted molar refractivity (Wildman–Crippen MR) is 49.0 cm³/mol. The zero-order valence-corrected chi connectivity index (χ0v) is 7.37. The van der Waals surface area contributed by atoms with Crippen molar-refractivity contribution < 1.29 is 4.79 Å². The molecule has 0 aliphatic heterocycles. The molecule has 1 rings (SSSR count). The minimum absolute atomic E-state index is 0.312. The Balaban J connectivity index is 3.20. The summed E-state index contributed by atoms with van der Waals surface area (Å²) in [5, 5.41) is 8.51. The van der Waals surface area contributed by atoms with Crippen LogP contribution in [0.1, 0.15) is 21.5 Å². The van der Waals surface area contributed by atoms with Gasteiger partial charge in [-0.1, -0.05) is 12.1 Å². The fourth-order valence-electron chi connectivity index (χ4n) is 1.23. The van der Waals surface area contributed by atoms with E-state index in [2.05, 4.69) is 0 Å². The average molecular weight is 174 g/mol. The Bertz CT molecular complexity index is 377. The molecule has 2 N–H and O–H groups in total. The van der Waals surface area contributed by atoms with Crippen molar-refractivity contribution in [3.05, 3.63) is 34.9 Å². The number of rotatable bonds is 2. The fourth-order valence-corrected chi connectivity index (χ4v) is 1.23. The highest BCUT2D eigenvalue weighted by Crippen LogP contribution is 2.13. The quantitative estimate of drug-likeness (QED) is 0.731. The van der Waals surface area contributed by atoms with Crippen LogP contribution in [0.25, 0.3) is 0 Å². The summed E-state index contributed by atoms with van der Waals surface area (Å²) < 4.78 is 0.